The molecule has 8 aromatic rings. The van der Waals surface area contributed by atoms with Crippen LogP contribution in [0.3, 0.4) is 0 Å². The van der Waals surface area contributed by atoms with Crippen molar-refractivity contribution in [2.75, 3.05) is 0 Å². The highest BCUT2D eigenvalue weighted by Crippen LogP contribution is 2.38. The number of pyridine rings is 1. The van der Waals surface area contributed by atoms with Crippen molar-refractivity contribution in [1.82, 2.24) is 9.55 Å². The molecular weight excluding hydrogens is 496 g/mol. The summed E-state index contributed by atoms with van der Waals surface area (Å²) in [6.07, 6.45) is 3.72. The van der Waals surface area contributed by atoms with E-state index in [0.717, 1.165) is 11.3 Å². The summed E-state index contributed by atoms with van der Waals surface area (Å²) in [5.74, 6) is 0. The first-order valence-electron chi connectivity index (χ1n) is 14.0. The van der Waals surface area contributed by atoms with Gasteiger partial charge in [0.15, 0.2) is 0 Å². The van der Waals surface area contributed by atoms with Crippen LogP contribution in [-0.2, 0) is 0 Å². The van der Waals surface area contributed by atoms with Crippen LogP contribution in [0.25, 0.3) is 71.6 Å². The number of nitrogens with zero attached hydrogens (tertiary/aromatic N) is 2. The normalized spacial score (nSPS) is 11.4. The molecule has 2 heteroatoms. The van der Waals surface area contributed by atoms with Crippen molar-refractivity contribution in [1.29, 1.82) is 0 Å². The topological polar surface area (TPSA) is 17.8 Å². The van der Waals surface area contributed by atoms with Crippen molar-refractivity contribution in [2.24, 2.45) is 0 Å². The van der Waals surface area contributed by atoms with Crippen molar-refractivity contribution in [3.63, 3.8) is 0 Å². The third kappa shape index (κ3) is 4.00. The predicted octanol–water partition coefficient (Wildman–Crippen LogP) is 10.3. The molecular formula is C39H26N2. The first-order chi connectivity index (χ1) is 20.3. The second-order valence-corrected chi connectivity index (χ2v) is 10.5. The summed E-state index contributed by atoms with van der Waals surface area (Å²) >= 11 is 0. The summed E-state index contributed by atoms with van der Waals surface area (Å²) < 4.78 is 2.41. The third-order valence-corrected chi connectivity index (χ3v) is 8.10. The van der Waals surface area contributed by atoms with E-state index in [-0.39, 0.29) is 0 Å². The molecule has 6 aromatic carbocycles. The zero-order valence-corrected chi connectivity index (χ0v) is 22.4. The van der Waals surface area contributed by atoms with Crippen LogP contribution in [0.15, 0.2) is 158 Å². The largest absolute Gasteiger partial charge is 0.309 e. The van der Waals surface area contributed by atoms with E-state index in [2.05, 4.69) is 149 Å². The van der Waals surface area contributed by atoms with Gasteiger partial charge >= 0.3 is 0 Å². The van der Waals surface area contributed by atoms with Gasteiger partial charge in [0.25, 0.3) is 0 Å². The molecule has 0 saturated heterocycles. The van der Waals surface area contributed by atoms with Gasteiger partial charge in [0.05, 0.1) is 11.0 Å². The van der Waals surface area contributed by atoms with E-state index in [1.54, 1.807) is 0 Å². The van der Waals surface area contributed by atoms with Crippen LogP contribution in [-0.4, -0.2) is 9.55 Å². The first-order valence-corrected chi connectivity index (χ1v) is 14.0. The van der Waals surface area contributed by atoms with E-state index in [1.165, 1.54) is 60.4 Å². The van der Waals surface area contributed by atoms with Crippen molar-refractivity contribution < 1.29 is 0 Å². The second-order valence-electron chi connectivity index (χ2n) is 10.5. The van der Waals surface area contributed by atoms with E-state index < -0.39 is 0 Å². The lowest BCUT2D eigenvalue weighted by Gasteiger charge is -2.11. The molecule has 0 aliphatic rings. The number of benzene rings is 6. The van der Waals surface area contributed by atoms with Crippen molar-refractivity contribution in [3.05, 3.63) is 158 Å². The summed E-state index contributed by atoms with van der Waals surface area (Å²) in [6, 6.07) is 52.5. The van der Waals surface area contributed by atoms with Crippen molar-refractivity contribution in [2.45, 2.75) is 0 Å². The van der Waals surface area contributed by atoms with Gasteiger partial charge in [-0.1, -0.05) is 115 Å². The number of hydrogen-bond donors (Lipinski definition) is 0. The number of para-hydroxylation sites is 1. The lowest BCUT2D eigenvalue weighted by Crippen LogP contribution is -1.94. The minimum absolute atomic E-state index is 1.13. The molecule has 0 N–H and O–H groups in total. The number of fused-ring (bicyclic) bond motifs is 4. The van der Waals surface area contributed by atoms with Crippen LogP contribution in [0, 0.1) is 0 Å². The molecule has 0 unspecified atom stereocenters. The fraction of sp³-hybridized carbons (Fsp3) is 0. The van der Waals surface area contributed by atoms with Gasteiger partial charge in [0.1, 0.15) is 0 Å². The van der Waals surface area contributed by atoms with Gasteiger partial charge in [-0.15, -0.1) is 0 Å². The minimum Gasteiger partial charge on any atom is -0.309 e. The maximum absolute atomic E-state index is 4.27. The summed E-state index contributed by atoms with van der Waals surface area (Å²) in [5, 5.41) is 5.04. The molecule has 2 aromatic heterocycles. The molecule has 8 rings (SSSR count). The number of hydrogen-bond acceptors (Lipinski definition) is 1. The van der Waals surface area contributed by atoms with E-state index in [1.807, 2.05) is 18.5 Å². The van der Waals surface area contributed by atoms with Gasteiger partial charge in [0.2, 0.25) is 0 Å². The lowest BCUT2D eigenvalue weighted by atomic mass is 9.97. The molecule has 0 aliphatic carbocycles. The van der Waals surface area contributed by atoms with E-state index in [0.29, 0.717) is 0 Å². The van der Waals surface area contributed by atoms with Crippen molar-refractivity contribution in [3.8, 4) is 39.1 Å². The van der Waals surface area contributed by atoms with Crippen molar-refractivity contribution >= 4 is 32.6 Å². The van der Waals surface area contributed by atoms with Crippen LogP contribution >= 0.6 is 0 Å². The summed E-state index contributed by atoms with van der Waals surface area (Å²) in [4.78, 5) is 4.27. The Bertz CT molecular complexity index is 2170. The average Bonchev–Trinajstić information content (AvgIpc) is 3.38. The Morgan fingerprint density at radius 1 is 0.415 bits per heavy atom. The van der Waals surface area contributed by atoms with Gasteiger partial charge < -0.3 is 4.57 Å². The lowest BCUT2D eigenvalue weighted by molar-refractivity contribution is 1.18. The maximum atomic E-state index is 4.27. The molecule has 2 nitrogen and oxygen atoms in total. The Labute approximate surface area is 238 Å². The quantitative estimate of drug-likeness (QED) is 0.225. The Morgan fingerprint density at radius 3 is 1.80 bits per heavy atom. The number of aromatic nitrogens is 2. The van der Waals surface area contributed by atoms with E-state index in [9.17, 15) is 0 Å². The van der Waals surface area contributed by atoms with Gasteiger partial charge in [-0.2, -0.15) is 0 Å². The Morgan fingerprint density at radius 2 is 1.05 bits per heavy atom. The summed E-state index contributed by atoms with van der Waals surface area (Å²) in [7, 11) is 0. The van der Waals surface area contributed by atoms with E-state index >= 15 is 0 Å². The van der Waals surface area contributed by atoms with Gasteiger partial charge in [-0.3, -0.25) is 4.98 Å². The zero-order chi connectivity index (χ0) is 27.2. The summed E-state index contributed by atoms with van der Waals surface area (Å²) in [6.45, 7) is 0. The molecule has 0 amide bonds. The third-order valence-electron chi connectivity index (χ3n) is 8.10. The van der Waals surface area contributed by atoms with Crippen LogP contribution in [0.5, 0.6) is 0 Å². The molecule has 0 saturated carbocycles. The molecule has 0 aliphatic heterocycles. The standard InChI is InChI=1S/C39H26N2/c1-2-11-33(12-3-1)41-38-24-30(27-15-17-28(18-16-27)32-10-7-23-40-26-32)19-21-36(38)37-22-20-31(25-39(37)41)35-14-6-9-29-8-4-5-13-34(29)35/h1-26H. The molecule has 0 radical (unpaired) electrons. The smallest absolute Gasteiger partial charge is 0.0547 e. The molecule has 0 fully saturated rings. The predicted molar refractivity (Wildman–Crippen MR) is 172 cm³/mol. The van der Waals surface area contributed by atoms with E-state index in [4.69, 9.17) is 0 Å². The first kappa shape index (κ1) is 23.4. The fourth-order valence-corrected chi connectivity index (χ4v) is 6.09. The SMILES string of the molecule is c1ccc(-n2c3cc(-c4ccc(-c5cccnc5)cc4)ccc3c3ccc(-c4cccc5ccccc45)cc32)cc1. The highest BCUT2D eigenvalue weighted by atomic mass is 15.0. The molecule has 2 heterocycles. The number of rotatable bonds is 4. The Balaban J connectivity index is 1.32. The maximum Gasteiger partial charge on any atom is 0.0547 e. The van der Waals surface area contributed by atoms with Crippen LogP contribution in [0.1, 0.15) is 0 Å². The van der Waals surface area contributed by atoms with Gasteiger partial charge in [-0.25, -0.2) is 0 Å². The highest BCUT2D eigenvalue weighted by molar-refractivity contribution is 6.12. The van der Waals surface area contributed by atoms with Crippen LogP contribution in [0.2, 0.25) is 0 Å². The molecule has 0 bridgehead atoms. The highest BCUT2D eigenvalue weighted by Gasteiger charge is 2.15. The monoisotopic (exact) mass is 522 g/mol. The molecule has 192 valence electrons. The fourth-order valence-electron chi connectivity index (χ4n) is 6.09. The van der Waals surface area contributed by atoms with Crippen LogP contribution in [0.4, 0.5) is 0 Å². The molecule has 41 heavy (non-hydrogen) atoms. The van der Waals surface area contributed by atoms with Crippen LogP contribution < -0.4 is 0 Å². The summed E-state index contributed by atoms with van der Waals surface area (Å²) in [5.41, 5.74) is 10.7. The molecule has 0 atom stereocenters. The Kier molecular flexibility index (Phi) is 5.49. The average molecular weight is 523 g/mol. The van der Waals surface area contributed by atoms with Gasteiger partial charge in [0, 0.05) is 28.9 Å². The Hall–Kier alpha value is -5.47. The van der Waals surface area contributed by atoms with Gasteiger partial charge in [-0.05, 0) is 74.5 Å². The minimum atomic E-state index is 1.13. The molecule has 0 spiro atoms. The second kappa shape index (κ2) is 9.62. The zero-order valence-electron chi connectivity index (χ0n) is 22.4.